The van der Waals surface area contributed by atoms with Crippen LogP contribution >= 0.6 is 0 Å². The number of nitrogens with one attached hydrogen (secondary N) is 1. The molecular weight excluding hydrogens is 319 g/mol. The lowest BCUT2D eigenvalue weighted by atomic mass is 10.0. The molecule has 1 rings (SSSR count). The fourth-order valence-corrected chi connectivity index (χ4v) is 3.01. The highest BCUT2D eigenvalue weighted by molar-refractivity contribution is 7.90. The lowest BCUT2D eigenvalue weighted by molar-refractivity contribution is -0.137. The van der Waals surface area contributed by atoms with Crippen molar-refractivity contribution >= 4 is 15.7 Å². The Morgan fingerprint density at radius 2 is 1.86 bits per heavy atom. The number of alkyl halides is 3. The number of rotatable bonds is 5. The van der Waals surface area contributed by atoms with E-state index in [0.29, 0.717) is 5.56 Å². The predicted octanol–water partition coefficient (Wildman–Crippen LogP) is 2.56. The van der Waals surface area contributed by atoms with Gasteiger partial charge >= 0.3 is 6.18 Å². The molecule has 0 fully saturated rings. The zero-order valence-corrected chi connectivity index (χ0v) is 13.3. The van der Waals surface area contributed by atoms with Crippen molar-refractivity contribution in [3.63, 3.8) is 0 Å². The Hall–Kier alpha value is -1.57. The second kappa shape index (κ2) is 6.68. The van der Waals surface area contributed by atoms with Crippen LogP contribution in [0.3, 0.4) is 0 Å². The summed E-state index contributed by atoms with van der Waals surface area (Å²) in [6, 6.07) is 4.00. The SMILES string of the molecule is CC(CS(C)(=O)=O)C(=O)NC(C)c1cccc(C(F)(F)F)c1. The van der Waals surface area contributed by atoms with E-state index in [9.17, 15) is 26.4 Å². The smallest absolute Gasteiger partial charge is 0.349 e. The molecule has 8 heteroatoms. The van der Waals surface area contributed by atoms with Crippen LogP contribution in [0.5, 0.6) is 0 Å². The third-order valence-corrected chi connectivity index (χ3v) is 4.18. The van der Waals surface area contributed by atoms with E-state index in [2.05, 4.69) is 5.32 Å². The minimum Gasteiger partial charge on any atom is -0.349 e. The topological polar surface area (TPSA) is 63.2 Å². The van der Waals surface area contributed by atoms with E-state index >= 15 is 0 Å². The van der Waals surface area contributed by atoms with Crippen LogP contribution in [-0.4, -0.2) is 26.3 Å². The standard InChI is InChI=1S/C14H18F3NO3S/c1-9(8-22(3,20)21)13(19)18-10(2)11-5-4-6-12(7-11)14(15,16)17/h4-7,9-10H,8H2,1-3H3,(H,18,19). The highest BCUT2D eigenvalue weighted by atomic mass is 32.2. The molecule has 124 valence electrons. The Morgan fingerprint density at radius 1 is 1.27 bits per heavy atom. The Labute approximate surface area is 127 Å². The van der Waals surface area contributed by atoms with Gasteiger partial charge in [-0.2, -0.15) is 13.2 Å². The highest BCUT2D eigenvalue weighted by Gasteiger charge is 2.31. The van der Waals surface area contributed by atoms with Crippen molar-refractivity contribution in [2.45, 2.75) is 26.1 Å². The van der Waals surface area contributed by atoms with Crippen LogP contribution < -0.4 is 5.32 Å². The summed E-state index contributed by atoms with van der Waals surface area (Å²) in [6.45, 7) is 3.00. The van der Waals surface area contributed by atoms with Crippen LogP contribution in [-0.2, 0) is 20.8 Å². The number of amides is 1. The summed E-state index contributed by atoms with van der Waals surface area (Å²) in [5.41, 5.74) is -0.495. The molecule has 0 radical (unpaired) electrons. The van der Waals surface area contributed by atoms with Gasteiger partial charge in [0.2, 0.25) is 5.91 Å². The van der Waals surface area contributed by atoms with Crippen LogP contribution in [0.15, 0.2) is 24.3 Å². The largest absolute Gasteiger partial charge is 0.416 e. The average molecular weight is 337 g/mol. The summed E-state index contributed by atoms with van der Waals surface area (Å²) in [5.74, 6) is -1.60. The molecule has 0 spiro atoms. The first-order valence-corrected chi connectivity index (χ1v) is 8.61. The fourth-order valence-electron chi connectivity index (χ4n) is 1.95. The number of benzene rings is 1. The molecule has 0 aliphatic carbocycles. The number of carbonyl (C=O) groups is 1. The van der Waals surface area contributed by atoms with E-state index in [0.717, 1.165) is 18.4 Å². The quantitative estimate of drug-likeness (QED) is 0.898. The van der Waals surface area contributed by atoms with Gasteiger partial charge < -0.3 is 5.32 Å². The van der Waals surface area contributed by atoms with Gasteiger partial charge in [-0.05, 0) is 24.6 Å². The molecule has 2 unspecified atom stereocenters. The van der Waals surface area contributed by atoms with Crippen molar-refractivity contribution in [3.05, 3.63) is 35.4 Å². The highest BCUT2D eigenvalue weighted by Crippen LogP contribution is 2.30. The summed E-state index contributed by atoms with van der Waals surface area (Å²) >= 11 is 0. The maximum absolute atomic E-state index is 12.7. The third kappa shape index (κ3) is 5.67. The first-order valence-electron chi connectivity index (χ1n) is 6.55. The number of halogens is 3. The van der Waals surface area contributed by atoms with Gasteiger partial charge in [0.1, 0.15) is 9.84 Å². The molecule has 0 aliphatic heterocycles. The van der Waals surface area contributed by atoms with Crippen molar-refractivity contribution in [1.82, 2.24) is 5.32 Å². The molecule has 22 heavy (non-hydrogen) atoms. The minimum atomic E-state index is -4.46. The number of sulfone groups is 1. The van der Waals surface area contributed by atoms with Gasteiger partial charge in [0.05, 0.1) is 17.4 Å². The van der Waals surface area contributed by atoms with E-state index in [1.807, 2.05) is 0 Å². The van der Waals surface area contributed by atoms with Crippen molar-refractivity contribution in [3.8, 4) is 0 Å². The zero-order chi connectivity index (χ0) is 17.1. The monoisotopic (exact) mass is 337 g/mol. The molecular formula is C14H18F3NO3S. The van der Waals surface area contributed by atoms with E-state index in [1.165, 1.54) is 19.1 Å². The van der Waals surface area contributed by atoms with Crippen LogP contribution in [0.2, 0.25) is 0 Å². The fraction of sp³-hybridized carbons (Fsp3) is 0.500. The molecule has 0 aromatic heterocycles. The summed E-state index contributed by atoms with van der Waals surface area (Å²) in [4.78, 5) is 11.9. The molecule has 0 bridgehead atoms. The Balaban J connectivity index is 2.81. The molecule has 0 saturated carbocycles. The molecule has 1 N–H and O–H groups in total. The van der Waals surface area contributed by atoms with Gasteiger partial charge in [-0.3, -0.25) is 4.79 Å². The molecule has 0 saturated heterocycles. The Bertz CT molecular complexity index is 641. The molecule has 4 nitrogen and oxygen atoms in total. The van der Waals surface area contributed by atoms with Gasteiger partial charge in [0, 0.05) is 12.2 Å². The van der Waals surface area contributed by atoms with Gasteiger partial charge in [-0.1, -0.05) is 19.1 Å². The minimum absolute atomic E-state index is 0.301. The van der Waals surface area contributed by atoms with E-state index in [-0.39, 0.29) is 5.75 Å². The molecule has 1 aromatic rings. The Kier molecular flexibility index (Phi) is 5.61. The van der Waals surface area contributed by atoms with E-state index < -0.39 is 39.4 Å². The molecule has 0 heterocycles. The maximum Gasteiger partial charge on any atom is 0.416 e. The summed E-state index contributed by atoms with van der Waals surface area (Å²) in [5, 5.41) is 2.53. The molecule has 2 atom stereocenters. The number of carbonyl (C=O) groups excluding carboxylic acids is 1. The van der Waals surface area contributed by atoms with Crippen molar-refractivity contribution in [1.29, 1.82) is 0 Å². The van der Waals surface area contributed by atoms with Crippen molar-refractivity contribution in [2.75, 3.05) is 12.0 Å². The second-order valence-corrected chi connectivity index (χ2v) is 7.53. The van der Waals surface area contributed by atoms with Crippen LogP contribution in [0.25, 0.3) is 0 Å². The van der Waals surface area contributed by atoms with Crippen molar-refractivity contribution in [2.24, 2.45) is 5.92 Å². The van der Waals surface area contributed by atoms with Gasteiger partial charge in [-0.15, -0.1) is 0 Å². The molecule has 0 aliphatic rings. The first kappa shape index (κ1) is 18.5. The number of hydrogen-bond donors (Lipinski definition) is 1. The van der Waals surface area contributed by atoms with Crippen LogP contribution in [0, 0.1) is 5.92 Å². The molecule has 1 amide bonds. The predicted molar refractivity (Wildman–Crippen MR) is 76.9 cm³/mol. The molecule has 1 aromatic carbocycles. The van der Waals surface area contributed by atoms with Crippen LogP contribution in [0.4, 0.5) is 13.2 Å². The maximum atomic E-state index is 12.7. The summed E-state index contributed by atoms with van der Waals surface area (Å²) in [6.07, 6.45) is -3.43. The lowest BCUT2D eigenvalue weighted by Crippen LogP contribution is -2.34. The van der Waals surface area contributed by atoms with Crippen molar-refractivity contribution < 1.29 is 26.4 Å². The van der Waals surface area contributed by atoms with Crippen LogP contribution in [0.1, 0.15) is 31.0 Å². The number of hydrogen-bond acceptors (Lipinski definition) is 3. The zero-order valence-electron chi connectivity index (χ0n) is 12.4. The summed E-state index contributed by atoms with van der Waals surface area (Å²) in [7, 11) is -3.30. The average Bonchev–Trinajstić information content (AvgIpc) is 2.35. The van der Waals surface area contributed by atoms with Gasteiger partial charge in [0.15, 0.2) is 0 Å². The van der Waals surface area contributed by atoms with E-state index in [1.54, 1.807) is 6.92 Å². The van der Waals surface area contributed by atoms with Gasteiger partial charge in [0.25, 0.3) is 0 Å². The van der Waals surface area contributed by atoms with Gasteiger partial charge in [-0.25, -0.2) is 8.42 Å². The van der Waals surface area contributed by atoms with E-state index in [4.69, 9.17) is 0 Å². The first-order chi connectivity index (χ1) is 9.90. The normalized spacial score (nSPS) is 15.2. The second-order valence-electron chi connectivity index (χ2n) is 5.35. The third-order valence-electron chi connectivity index (χ3n) is 3.07. The summed E-state index contributed by atoms with van der Waals surface area (Å²) < 4.78 is 60.3. The Morgan fingerprint density at radius 3 is 2.36 bits per heavy atom. The lowest BCUT2D eigenvalue weighted by Gasteiger charge is -2.18.